The molecule has 29 heavy (non-hydrogen) atoms. The Labute approximate surface area is 171 Å². The van der Waals surface area contributed by atoms with Crippen LogP contribution in [0.4, 0.5) is 0 Å². The van der Waals surface area contributed by atoms with Crippen LogP contribution in [0.15, 0.2) is 40.7 Å². The molecule has 0 aromatic heterocycles. The molecule has 1 aliphatic heterocycles. The van der Waals surface area contributed by atoms with Gasteiger partial charge in [-0.2, -0.15) is 0 Å². The first-order valence-corrected chi connectivity index (χ1v) is 9.75. The smallest absolute Gasteiger partial charge is 0.336 e. The first kappa shape index (κ1) is 22.3. The van der Waals surface area contributed by atoms with Crippen LogP contribution >= 0.6 is 0 Å². The second kappa shape index (κ2) is 10.0. The van der Waals surface area contributed by atoms with Crippen molar-refractivity contribution >= 4 is 11.9 Å². The molecule has 0 unspecified atom stereocenters. The van der Waals surface area contributed by atoms with Crippen LogP contribution in [0, 0.1) is 0 Å². The number of aromatic hydroxyl groups is 1. The number of rotatable bonds is 8. The molecule has 0 spiro atoms. The number of hydrogen-bond donors (Lipinski definition) is 2. The highest BCUT2D eigenvalue weighted by atomic mass is 16.5. The Morgan fingerprint density at radius 2 is 1.52 bits per heavy atom. The highest BCUT2D eigenvalue weighted by molar-refractivity contribution is 6.00. The van der Waals surface area contributed by atoms with Gasteiger partial charge in [-0.3, -0.25) is 0 Å². The quantitative estimate of drug-likeness (QED) is 0.641. The van der Waals surface area contributed by atoms with E-state index in [2.05, 4.69) is 5.32 Å². The van der Waals surface area contributed by atoms with Gasteiger partial charge in [0.25, 0.3) is 0 Å². The molecule has 7 nitrogen and oxygen atoms in total. The number of methoxy groups -OCH3 is 1. The van der Waals surface area contributed by atoms with Crippen LogP contribution in [0.3, 0.4) is 0 Å². The van der Waals surface area contributed by atoms with E-state index in [-0.39, 0.29) is 35.9 Å². The number of dihydropyridines is 1. The van der Waals surface area contributed by atoms with Crippen LogP contribution in [-0.4, -0.2) is 37.4 Å². The van der Waals surface area contributed by atoms with Gasteiger partial charge in [-0.25, -0.2) is 9.59 Å². The number of benzene rings is 1. The molecular weight excluding hydrogens is 374 g/mol. The summed E-state index contributed by atoms with van der Waals surface area (Å²) >= 11 is 0. The molecule has 0 saturated heterocycles. The average Bonchev–Trinajstić information content (AvgIpc) is 2.69. The second-order valence-corrected chi connectivity index (χ2v) is 6.81. The fraction of sp³-hybridized carbons (Fsp3) is 0.455. The van der Waals surface area contributed by atoms with Crippen LogP contribution in [0.1, 0.15) is 52.0 Å². The van der Waals surface area contributed by atoms with Gasteiger partial charge in [0.1, 0.15) is 0 Å². The van der Waals surface area contributed by atoms with Crippen molar-refractivity contribution < 1.29 is 28.9 Å². The van der Waals surface area contributed by atoms with Crippen molar-refractivity contribution in [3.63, 3.8) is 0 Å². The van der Waals surface area contributed by atoms with Crippen LogP contribution in [-0.2, 0) is 19.1 Å². The van der Waals surface area contributed by atoms with E-state index < -0.39 is 17.9 Å². The Hall–Kier alpha value is -2.96. The lowest BCUT2D eigenvalue weighted by Crippen LogP contribution is -2.32. The summed E-state index contributed by atoms with van der Waals surface area (Å²) in [4.78, 5) is 25.8. The summed E-state index contributed by atoms with van der Waals surface area (Å²) in [6.45, 7) is 7.79. The maximum atomic E-state index is 12.9. The van der Waals surface area contributed by atoms with Gasteiger partial charge in [0.15, 0.2) is 11.5 Å². The van der Waals surface area contributed by atoms with E-state index in [1.165, 1.54) is 7.11 Å². The molecule has 0 amide bonds. The lowest BCUT2D eigenvalue weighted by atomic mass is 9.80. The van der Waals surface area contributed by atoms with Crippen molar-refractivity contribution in [1.29, 1.82) is 0 Å². The SMILES string of the molecule is CCCOC(=O)C1=C(C)NC(C)=C(C(=O)OCCC)C1c1cccc(OC)c1O. The fourth-order valence-electron chi connectivity index (χ4n) is 3.33. The van der Waals surface area contributed by atoms with E-state index >= 15 is 0 Å². The minimum absolute atomic E-state index is 0.135. The number of para-hydroxylation sites is 1. The molecule has 0 bridgehead atoms. The largest absolute Gasteiger partial charge is 0.504 e. The van der Waals surface area contributed by atoms with Crippen molar-refractivity contribution in [2.75, 3.05) is 20.3 Å². The number of esters is 2. The van der Waals surface area contributed by atoms with Crippen molar-refractivity contribution in [3.05, 3.63) is 46.3 Å². The summed E-state index contributed by atoms with van der Waals surface area (Å²) in [7, 11) is 1.44. The van der Waals surface area contributed by atoms with Crippen LogP contribution in [0.2, 0.25) is 0 Å². The number of hydrogen-bond acceptors (Lipinski definition) is 7. The number of allylic oxidation sites excluding steroid dienone is 2. The van der Waals surface area contributed by atoms with Crippen molar-refractivity contribution in [3.8, 4) is 11.5 Å². The van der Waals surface area contributed by atoms with Gasteiger partial charge in [0.05, 0.1) is 37.4 Å². The van der Waals surface area contributed by atoms with Gasteiger partial charge < -0.3 is 24.6 Å². The summed E-state index contributed by atoms with van der Waals surface area (Å²) < 4.78 is 16.0. The Bertz CT molecular complexity index is 798. The van der Waals surface area contributed by atoms with Crippen molar-refractivity contribution in [1.82, 2.24) is 5.32 Å². The third kappa shape index (κ3) is 4.72. The van der Waals surface area contributed by atoms with Crippen LogP contribution in [0.5, 0.6) is 11.5 Å². The number of phenolic OH excluding ortho intramolecular Hbond substituents is 1. The zero-order valence-electron chi connectivity index (χ0n) is 17.6. The zero-order valence-corrected chi connectivity index (χ0v) is 17.6. The van der Waals surface area contributed by atoms with Crippen molar-refractivity contribution in [2.24, 2.45) is 0 Å². The first-order valence-electron chi connectivity index (χ1n) is 9.75. The molecule has 0 radical (unpaired) electrons. The number of carbonyl (C=O) groups excluding carboxylic acids is 2. The standard InChI is InChI=1S/C22H29NO6/c1-6-11-28-21(25)17-13(3)23-14(4)18(22(26)29-12-7-2)19(17)15-9-8-10-16(27-5)20(15)24/h8-10,19,23-24H,6-7,11-12H2,1-5H3. The topological polar surface area (TPSA) is 94.1 Å². The van der Waals surface area contributed by atoms with E-state index in [9.17, 15) is 14.7 Å². The highest BCUT2D eigenvalue weighted by Crippen LogP contribution is 2.45. The lowest BCUT2D eigenvalue weighted by Gasteiger charge is -2.31. The van der Waals surface area contributed by atoms with Crippen LogP contribution in [0.25, 0.3) is 0 Å². The summed E-state index contributed by atoms with van der Waals surface area (Å²) in [6.07, 6.45) is 1.33. The van der Waals surface area contributed by atoms with E-state index in [0.29, 0.717) is 29.8 Å². The fourth-order valence-corrected chi connectivity index (χ4v) is 3.33. The summed E-state index contributed by atoms with van der Waals surface area (Å²) in [5, 5.41) is 13.9. The Morgan fingerprint density at radius 3 is 1.97 bits per heavy atom. The molecular formula is C22H29NO6. The van der Waals surface area contributed by atoms with Gasteiger partial charge in [0, 0.05) is 17.0 Å². The Kier molecular flexibility index (Phi) is 7.70. The molecule has 1 heterocycles. The maximum Gasteiger partial charge on any atom is 0.336 e. The van der Waals surface area contributed by atoms with Gasteiger partial charge in [-0.15, -0.1) is 0 Å². The third-order valence-electron chi connectivity index (χ3n) is 4.64. The summed E-state index contributed by atoms with van der Waals surface area (Å²) in [5.41, 5.74) is 2.01. The summed E-state index contributed by atoms with van der Waals surface area (Å²) in [6, 6.07) is 4.97. The first-order chi connectivity index (χ1) is 13.9. The Morgan fingerprint density at radius 1 is 1.00 bits per heavy atom. The minimum atomic E-state index is -0.847. The molecule has 1 aliphatic rings. The molecule has 0 aliphatic carbocycles. The molecule has 158 valence electrons. The number of phenols is 1. The molecule has 2 N–H and O–H groups in total. The predicted molar refractivity (Wildman–Crippen MR) is 108 cm³/mol. The van der Waals surface area contributed by atoms with E-state index in [1.807, 2.05) is 13.8 Å². The maximum absolute atomic E-state index is 12.9. The van der Waals surface area contributed by atoms with Gasteiger partial charge >= 0.3 is 11.9 Å². The normalized spacial score (nSPS) is 14.5. The molecule has 0 atom stereocenters. The summed E-state index contributed by atoms with van der Waals surface area (Å²) in [5.74, 6) is -1.82. The predicted octanol–water partition coefficient (Wildman–Crippen LogP) is 3.54. The van der Waals surface area contributed by atoms with Crippen molar-refractivity contribution in [2.45, 2.75) is 46.5 Å². The van der Waals surface area contributed by atoms with E-state index in [1.54, 1.807) is 32.0 Å². The third-order valence-corrected chi connectivity index (χ3v) is 4.64. The average molecular weight is 403 g/mol. The van der Waals surface area contributed by atoms with E-state index in [4.69, 9.17) is 14.2 Å². The minimum Gasteiger partial charge on any atom is -0.504 e. The molecule has 0 saturated carbocycles. The van der Waals surface area contributed by atoms with Crippen LogP contribution < -0.4 is 10.1 Å². The zero-order chi connectivity index (χ0) is 21.6. The second-order valence-electron chi connectivity index (χ2n) is 6.81. The van der Waals surface area contributed by atoms with E-state index in [0.717, 1.165) is 0 Å². The number of carbonyl (C=O) groups is 2. The van der Waals surface area contributed by atoms with Gasteiger partial charge in [0.2, 0.25) is 0 Å². The Balaban J connectivity index is 2.66. The number of nitrogens with one attached hydrogen (secondary N) is 1. The van der Waals surface area contributed by atoms with Gasteiger partial charge in [-0.05, 0) is 32.8 Å². The molecule has 1 aromatic rings. The monoisotopic (exact) mass is 403 g/mol. The highest BCUT2D eigenvalue weighted by Gasteiger charge is 2.39. The molecule has 0 fully saturated rings. The van der Waals surface area contributed by atoms with Gasteiger partial charge in [-0.1, -0.05) is 26.0 Å². The number of ether oxygens (including phenoxy) is 3. The molecule has 7 heteroatoms. The molecule has 2 rings (SSSR count). The molecule has 1 aromatic carbocycles. The lowest BCUT2D eigenvalue weighted by molar-refractivity contribution is -0.140.